The van der Waals surface area contributed by atoms with Crippen molar-refractivity contribution in [1.29, 1.82) is 0 Å². The van der Waals surface area contributed by atoms with Crippen molar-refractivity contribution in [2.24, 2.45) is 0 Å². The van der Waals surface area contributed by atoms with Crippen LogP contribution in [0, 0.1) is 6.92 Å². The molecule has 4 nitrogen and oxygen atoms in total. The minimum Gasteiger partial charge on any atom is -0.354 e. The smallest absolute Gasteiger partial charge is 0.242 e. The van der Waals surface area contributed by atoms with Crippen LogP contribution >= 0.6 is 11.6 Å². The number of carbonyl (C=O) groups excluding carboxylic acids is 2. The molecule has 0 radical (unpaired) electrons. The first-order chi connectivity index (χ1) is 13.4. The molecule has 2 rings (SSSR count). The van der Waals surface area contributed by atoms with Crippen molar-refractivity contribution in [1.82, 2.24) is 10.2 Å². The molecule has 0 aliphatic rings. The van der Waals surface area contributed by atoms with Gasteiger partial charge in [-0.3, -0.25) is 9.59 Å². The second kappa shape index (κ2) is 10.9. The topological polar surface area (TPSA) is 49.4 Å². The van der Waals surface area contributed by atoms with Gasteiger partial charge < -0.3 is 10.2 Å². The Hall–Kier alpha value is -2.33. The molecule has 0 spiro atoms. The SMILES string of the molecule is CCCCNC(=O)[C@@H](C)N(Cc1ccccc1Cl)C(=O)Cc1ccc(C)cc1. The van der Waals surface area contributed by atoms with E-state index in [9.17, 15) is 9.59 Å². The summed E-state index contributed by atoms with van der Waals surface area (Å²) in [4.78, 5) is 27.3. The lowest BCUT2D eigenvalue weighted by molar-refractivity contribution is -0.140. The fourth-order valence-corrected chi connectivity index (χ4v) is 3.11. The molecular weight excluding hydrogens is 372 g/mol. The maximum absolute atomic E-state index is 13.1. The molecule has 0 bridgehead atoms. The van der Waals surface area contributed by atoms with E-state index in [0.717, 1.165) is 29.5 Å². The molecule has 1 N–H and O–H groups in total. The Balaban J connectivity index is 2.19. The van der Waals surface area contributed by atoms with Gasteiger partial charge in [-0.25, -0.2) is 0 Å². The predicted molar refractivity (Wildman–Crippen MR) is 114 cm³/mol. The molecule has 2 amide bonds. The Morgan fingerprint density at radius 2 is 1.79 bits per heavy atom. The number of hydrogen-bond donors (Lipinski definition) is 1. The third kappa shape index (κ3) is 6.38. The zero-order valence-electron chi connectivity index (χ0n) is 16.9. The Morgan fingerprint density at radius 1 is 1.11 bits per heavy atom. The van der Waals surface area contributed by atoms with Crippen molar-refractivity contribution in [3.63, 3.8) is 0 Å². The van der Waals surface area contributed by atoms with Gasteiger partial charge >= 0.3 is 0 Å². The molecule has 0 aliphatic carbocycles. The summed E-state index contributed by atoms with van der Waals surface area (Å²) in [5, 5.41) is 3.52. The van der Waals surface area contributed by atoms with E-state index in [0.29, 0.717) is 18.1 Å². The summed E-state index contributed by atoms with van der Waals surface area (Å²) in [5.74, 6) is -0.236. The number of amides is 2. The van der Waals surface area contributed by atoms with E-state index in [2.05, 4.69) is 12.2 Å². The largest absolute Gasteiger partial charge is 0.354 e. The van der Waals surface area contributed by atoms with Crippen LogP contribution in [0.4, 0.5) is 0 Å². The van der Waals surface area contributed by atoms with Crippen LogP contribution < -0.4 is 5.32 Å². The van der Waals surface area contributed by atoms with Crippen LogP contribution in [0.2, 0.25) is 5.02 Å². The number of unbranched alkanes of at least 4 members (excludes halogenated alkanes) is 1. The molecule has 0 saturated heterocycles. The Kier molecular flexibility index (Phi) is 8.52. The predicted octanol–water partition coefficient (Wildman–Crippen LogP) is 4.52. The number of nitrogens with zero attached hydrogens (tertiary/aromatic N) is 1. The second-order valence-corrected chi connectivity index (χ2v) is 7.50. The fourth-order valence-electron chi connectivity index (χ4n) is 2.91. The molecular formula is C23H29ClN2O2. The maximum Gasteiger partial charge on any atom is 0.242 e. The Labute approximate surface area is 172 Å². The van der Waals surface area contributed by atoms with Gasteiger partial charge in [0.15, 0.2) is 0 Å². The van der Waals surface area contributed by atoms with Crippen molar-refractivity contribution >= 4 is 23.4 Å². The van der Waals surface area contributed by atoms with Crippen LogP contribution in [-0.2, 0) is 22.6 Å². The molecule has 0 fully saturated rings. The molecule has 0 aliphatic heterocycles. The number of nitrogens with one attached hydrogen (secondary N) is 1. The van der Waals surface area contributed by atoms with Crippen LogP contribution in [0.1, 0.15) is 43.4 Å². The molecule has 2 aromatic carbocycles. The summed E-state index contributed by atoms with van der Waals surface area (Å²) in [7, 11) is 0. The summed E-state index contributed by atoms with van der Waals surface area (Å²) in [5.41, 5.74) is 2.90. The van der Waals surface area contributed by atoms with Crippen molar-refractivity contribution in [2.45, 2.75) is 52.6 Å². The zero-order chi connectivity index (χ0) is 20.5. The van der Waals surface area contributed by atoms with Crippen LogP contribution in [0.25, 0.3) is 0 Å². The highest BCUT2D eigenvalue weighted by molar-refractivity contribution is 6.31. The summed E-state index contributed by atoms with van der Waals surface area (Å²) >= 11 is 6.30. The molecule has 150 valence electrons. The van der Waals surface area contributed by atoms with Crippen LogP contribution in [0.15, 0.2) is 48.5 Å². The van der Waals surface area contributed by atoms with Crippen LogP contribution in [0.3, 0.4) is 0 Å². The van der Waals surface area contributed by atoms with Crippen LogP contribution in [0.5, 0.6) is 0 Å². The standard InChI is InChI=1S/C23H29ClN2O2/c1-4-5-14-25-23(28)18(3)26(16-20-8-6-7-9-21(20)24)22(27)15-19-12-10-17(2)11-13-19/h6-13,18H,4-5,14-16H2,1-3H3,(H,25,28)/t18-/m1/s1. The minimum atomic E-state index is -0.578. The fraction of sp³-hybridized carbons (Fsp3) is 0.391. The summed E-state index contributed by atoms with van der Waals surface area (Å²) in [6.07, 6.45) is 2.17. The summed E-state index contributed by atoms with van der Waals surface area (Å²) in [6, 6.07) is 14.7. The first-order valence-corrected chi connectivity index (χ1v) is 10.2. The monoisotopic (exact) mass is 400 g/mol. The molecule has 0 heterocycles. The van der Waals surface area contributed by atoms with E-state index < -0.39 is 6.04 Å². The molecule has 0 aromatic heterocycles. The lowest BCUT2D eigenvalue weighted by Crippen LogP contribution is -2.48. The lowest BCUT2D eigenvalue weighted by Gasteiger charge is -2.29. The number of carbonyl (C=O) groups is 2. The zero-order valence-corrected chi connectivity index (χ0v) is 17.6. The average Bonchev–Trinajstić information content (AvgIpc) is 2.68. The van der Waals surface area contributed by atoms with Gasteiger partial charge in [-0.1, -0.05) is 73.0 Å². The molecule has 5 heteroatoms. The highest BCUT2D eigenvalue weighted by Gasteiger charge is 2.26. The number of rotatable bonds is 9. The van der Waals surface area contributed by atoms with E-state index >= 15 is 0 Å². The van der Waals surface area contributed by atoms with Crippen molar-refractivity contribution in [3.05, 3.63) is 70.2 Å². The number of aryl methyl sites for hydroxylation is 1. The summed E-state index contributed by atoms with van der Waals surface area (Å²) in [6.45, 7) is 6.77. The third-order valence-electron chi connectivity index (χ3n) is 4.77. The van der Waals surface area contributed by atoms with Gasteiger partial charge in [0.1, 0.15) is 6.04 Å². The molecule has 28 heavy (non-hydrogen) atoms. The third-order valence-corrected chi connectivity index (χ3v) is 5.14. The highest BCUT2D eigenvalue weighted by atomic mass is 35.5. The minimum absolute atomic E-state index is 0.0954. The van der Waals surface area contributed by atoms with E-state index in [1.54, 1.807) is 17.9 Å². The van der Waals surface area contributed by atoms with E-state index in [1.165, 1.54) is 0 Å². The summed E-state index contributed by atoms with van der Waals surface area (Å²) < 4.78 is 0. The first-order valence-electron chi connectivity index (χ1n) is 9.78. The van der Waals surface area contributed by atoms with E-state index in [1.807, 2.05) is 49.4 Å². The van der Waals surface area contributed by atoms with Gasteiger partial charge in [0.2, 0.25) is 11.8 Å². The van der Waals surface area contributed by atoms with Gasteiger partial charge in [-0.2, -0.15) is 0 Å². The average molecular weight is 401 g/mol. The van der Waals surface area contributed by atoms with Crippen molar-refractivity contribution < 1.29 is 9.59 Å². The van der Waals surface area contributed by atoms with E-state index in [-0.39, 0.29) is 18.2 Å². The maximum atomic E-state index is 13.1. The molecule has 0 saturated carbocycles. The van der Waals surface area contributed by atoms with Crippen molar-refractivity contribution in [2.75, 3.05) is 6.54 Å². The molecule has 2 aromatic rings. The number of benzene rings is 2. The van der Waals surface area contributed by atoms with Gasteiger partial charge in [-0.05, 0) is 37.5 Å². The number of halogens is 1. The quantitative estimate of drug-likeness (QED) is 0.629. The Morgan fingerprint density at radius 3 is 2.43 bits per heavy atom. The van der Waals surface area contributed by atoms with Crippen LogP contribution in [-0.4, -0.2) is 29.3 Å². The second-order valence-electron chi connectivity index (χ2n) is 7.10. The van der Waals surface area contributed by atoms with Gasteiger partial charge in [0.25, 0.3) is 0 Å². The normalized spacial score (nSPS) is 11.7. The molecule has 0 unspecified atom stereocenters. The van der Waals surface area contributed by atoms with Gasteiger partial charge in [0.05, 0.1) is 6.42 Å². The molecule has 1 atom stereocenters. The number of hydrogen-bond acceptors (Lipinski definition) is 2. The van der Waals surface area contributed by atoms with Gasteiger partial charge in [-0.15, -0.1) is 0 Å². The highest BCUT2D eigenvalue weighted by Crippen LogP contribution is 2.19. The van der Waals surface area contributed by atoms with Crippen molar-refractivity contribution in [3.8, 4) is 0 Å². The van der Waals surface area contributed by atoms with Gasteiger partial charge in [0, 0.05) is 18.1 Å². The lowest BCUT2D eigenvalue weighted by atomic mass is 10.1. The first kappa shape index (κ1) is 22.0. The Bertz CT molecular complexity index is 789. The van der Waals surface area contributed by atoms with E-state index in [4.69, 9.17) is 11.6 Å².